The molecule has 2 nitrogen and oxygen atoms in total. The SMILES string of the molecule is Cc1cc2c(cc1F)nc(CCCl)n2Cc1ccccc1. The fraction of sp³-hybridized carbons (Fsp3) is 0.235. The van der Waals surface area contributed by atoms with Crippen molar-refractivity contribution in [2.24, 2.45) is 0 Å². The quantitative estimate of drug-likeness (QED) is 0.657. The van der Waals surface area contributed by atoms with Gasteiger partial charge in [0.15, 0.2) is 0 Å². The fourth-order valence-corrected chi connectivity index (χ4v) is 2.69. The number of rotatable bonds is 4. The number of fused-ring (bicyclic) bond motifs is 1. The van der Waals surface area contributed by atoms with Gasteiger partial charge in [-0.3, -0.25) is 0 Å². The predicted molar refractivity (Wildman–Crippen MR) is 84.4 cm³/mol. The molecule has 1 heterocycles. The van der Waals surface area contributed by atoms with Crippen LogP contribution in [0.5, 0.6) is 0 Å². The number of nitrogens with zero attached hydrogens (tertiary/aromatic N) is 2. The highest BCUT2D eigenvalue weighted by Gasteiger charge is 2.13. The van der Waals surface area contributed by atoms with Gasteiger partial charge in [-0.1, -0.05) is 30.3 Å². The second kappa shape index (κ2) is 5.86. The number of alkyl halides is 1. The van der Waals surface area contributed by atoms with Crippen LogP contribution in [0.3, 0.4) is 0 Å². The van der Waals surface area contributed by atoms with Gasteiger partial charge >= 0.3 is 0 Å². The predicted octanol–water partition coefficient (Wildman–Crippen LogP) is 4.31. The Kier molecular flexibility index (Phi) is 3.93. The number of imidazole rings is 1. The Labute approximate surface area is 128 Å². The number of hydrogen-bond acceptors (Lipinski definition) is 1. The van der Waals surface area contributed by atoms with E-state index in [1.54, 1.807) is 6.92 Å². The van der Waals surface area contributed by atoms with E-state index in [0.29, 0.717) is 29.9 Å². The summed E-state index contributed by atoms with van der Waals surface area (Å²) in [6.45, 7) is 2.49. The molecule has 0 unspecified atom stereocenters. The van der Waals surface area contributed by atoms with Crippen molar-refractivity contribution in [3.8, 4) is 0 Å². The number of aromatic nitrogens is 2. The lowest BCUT2D eigenvalue weighted by Crippen LogP contribution is -2.06. The van der Waals surface area contributed by atoms with Crippen molar-refractivity contribution in [1.82, 2.24) is 9.55 Å². The van der Waals surface area contributed by atoms with Crippen LogP contribution in [0.15, 0.2) is 42.5 Å². The number of aryl methyl sites for hydroxylation is 2. The second-order valence-corrected chi connectivity index (χ2v) is 5.51. The summed E-state index contributed by atoms with van der Waals surface area (Å²) in [4.78, 5) is 4.54. The monoisotopic (exact) mass is 302 g/mol. The van der Waals surface area contributed by atoms with Gasteiger partial charge in [0.1, 0.15) is 11.6 Å². The van der Waals surface area contributed by atoms with Crippen molar-refractivity contribution < 1.29 is 4.39 Å². The average Bonchev–Trinajstić information content (AvgIpc) is 2.79. The molecule has 21 heavy (non-hydrogen) atoms. The molecule has 0 radical (unpaired) electrons. The summed E-state index contributed by atoms with van der Waals surface area (Å²) in [6.07, 6.45) is 0.670. The molecule has 0 saturated heterocycles. The fourth-order valence-electron chi connectivity index (χ4n) is 2.52. The lowest BCUT2D eigenvalue weighted by atomic mass is 10.2. The molecule has 0 N–H and O–H groups in total. The molecular weight excluding hydrogens is 287 g/mol. The molecule has 0 aliphatic carbocycles. The van der Waals surface area contributed by atoms with E-state index >= 15 is 0 Å². The van der Waals surface area contributed by atoms with Gasteiger partial charge in [0.05, 0.1) is 11.0 Å². The maximum absolute atomic E-state index is 13.7. The molecule has 0 aliphatic heterocycles. The molecule has 0 bridgehead atoms. The van der Waals surface area contributed by atoms with Crippen molar-refractivity contribution in [1.29, 1.82) is 0 Å². The van der Waals surface area contributed by atoms with Crippen LogP contribution >= 0.6 is 11.6 Å². The van der Waals surface area contributed by atoms with E-state index in [0.717, 1.165) is 11.3 Å². The highest BCUT2D eigenvalue weighted by Crippen LogP contribution is 2.22. The standard InChI is InChI=1S/C17H16ClFN2/c1-12-9-16-15(10-14(12)19)20-17(7-8-18)21(16)11-13-5-3-2-4-6-13/h2-6,9-10H,7-8,11H2,1H3. The Bertz CT molecular complexity index is 765. The number of benzene rings is 2. The maximum atomic E-state index is 13.7. The van der Waals surface area contributed by atoms with Gasteiger partial charge in [-0.25, -0.2) is 9.37 Å². The van der Waals surface area contributed by atoms with Gasteiger partial charge in [-0.05, 0) is 24.1 Å². The minimum absolute atomic E-state index is 0.218. The van der Waals surface area contributed by atoms with Gasteiger partial charge in [-0.2, -0.15) is 0 Å². The zero-order valence-electron chi connectivity index (χ0n) is 11.8. The Morgan fingerprint density at radius 1 is 1.19 bits per heavy atom. The molecular formula is C17H16ClFN2. The van der Waals surface area contributed by atoms with E-state index in [1.165, 1.54) is 11.6 Å². The van der Waals surface area contributed by atoms with Crippen LogP contribution in [0, 0.1) is 12.7 Å². The summed E-state index contributed by atoms with van der Waals surface area (Å²) in [5.41, 5.74) is 3.47. The zero-order chi connectivity index (χ0) is 14.8. The van der Waals surface area contributed by atoms with Gasteiger partial charge in [-0.15, -0.1) is 11.6 Å². The minimum Gasteiger partial charge on any atom is -0.323 e. The van der Waals surface area contributed by atoms with Gasteiger partial charge < -0.3 is 4.57 Å². The van der Waals surface area contributed by atoms with Crippen LogP contribution in [0.4, 0.5) is 4.39 Å². The molecule has 1 aromatic heterocycles. The van der Waals surface area contributed by atoms with Crippen molar-refractivity contribution in [2.75, 3.05) is 5.88 Å². The topological polar surface area (TPSA) is 17.8 Å². The smallest absolute Gasteiger partial charge is 0.128 e. The highest BCUT2D eigenvalue weighted by atomic mass is 35.5. The molecule has 4 heteroatoms. The third kappa shape index (κ3) is 2.79. The number of halogens is 2. The summed E-state index contributed by atoms with van der Waals surface area (Å²) in [5, 5.41) is 0. The Hall–Kier alpha value is -1.87. The van der Waals surface area contributed by atoms with Crippen molar-refractivity contribution >= 4 is 22.6 Å². The van der Waals surface area contributed by atoms with Crippen molar-refractivity contribution in [2.45, 2.75) is 19.9 Å². The van der Waals surface area contributed by atoms with Gasteiger partial charge in [0.25, 0.3) is 0 Å². The summed E-state index contributed by atoms with van der Waals surface area (Å²) in [7, 11) is 0. The van der Waals surface area contributed by atoms with Crippen molar-refractivity contribution in [3.63, 3.8) is 0 Å². The van der Waals surface area contributed by atoms with Crippen LogP contribution in [0.1, 0.15) is 17.0 Å². The Morgan fingerprint density at radius 3 is 2.67 bits per heavy atom. The van der Waals surface area contributed by atoms with E-state index < -0.39 is 0 Å². The average molecular weight is 303 g/mol. The highest BCUT2D eigenvalue weighted by molar-refractivity contribution is 6.17. The van der Waals surface area contributed by atoms with E-state index in [2.05, 4.69) is 21.7 Å². The van der Waals surface area contributed by atoms with Crippen LogP contribution in [-0.4, -0.2) is 15.4 Å². The zero-order valence-corrected chi connectivity index (χ0v) is 12.6. The molecule has 0 aliphatic rings. The first-order valence-corrected chi connectivity index (χ1v) is 7.47. The third-order valence-corrected chi connectivity index (χ3v) is 3.80. The Balaban J connectivity index is 2.13. The van der Waals surface area contributed by atoms with Gasteiger partial charge in [0, 0.05) is 24.9 Å². The molecule has 0 fully saturated rings. The number of hydrogen-bond donors (Lipinski definition) is 0. The second-order valence-electron chi connectivity index (χ2n) is 5.13. The summed E-state index contributed by atoms with van der Waals surface area (Å²) < 4.78 is 15.9. The van der Waals surface area contributed by atoms with E-state index in [4.69, 9.17) is 11.6 Å². The molecule has 2 aromatic carbocycles. The van der Waals surface area contributed by atoms with Crippen LogP contribution in [0.2, 0.25) is 0 Å². The first-order chi connectivity index (χ1) is 10.2. The third-order valence-electron chi connectivity index (χ3n) is 3.61. The molecule has 0 spiro atoms. The van der Waals surface area contributed by atoms with E-state index in [1.807, 2.05) is 24.3 Å². The molecule has 108 valence electrons. The summed E-state index contributed by atoms with van der Waals surface area (Å²) in [5.74, 6) is 1.18. The van der Waals surface area contributed by atoms with Gasteiger partial charge in [0.2, 0.25) is 0 Å². The lowest BCUT2D eigenvalue weighted by molar-refractivity contribution is 0.620. The summed E-state index contributed by atoms with van der Waals surface area (Å²) >= 11 is 5.87. The Morgan fingerprint density at radius 2 is 1.95 bits per heavy atom. The first kappa shape index (κ1) is 14.1. The van der Waals surface area contributed by atoms with E-state index in [-0.39, 0.29) is 5.82 Å². The minimum atomic E-state index is -0.218. The van der Waals surface area contributed by atoms with Crippen LogP contribution in [-0.2, 0) is 13.0 Å². The molecule has 3 aromatic rings. The molecule has 0 saturated carbocycles. The lowest BCUT2D eigenvalue weighted by Gasteiger charge is -2.09. The van der Waals surface area contributed by atoms with Crippen LogP contribution < -0.4 is 0 Å². The maximum Gasteiger partial charge on any atom is 0.128 e. The van der Waals surface area contributed by atoms with E-state index in [9.17, 15) is 4.39 Å². The first-order valence-electron chi connectivity index (χ1n) is 6.94. The summed E-state index contributed by atoms with van der Waals surface area (Å²) in [6, 6.07) is 13.5. The molecule has 0 atom stereocenters. The molecule has 0 amide bonds. The van der Waals surface area contributed by atoms with Crippen LogP contribution in [0.25, 0.3) is 11.0 Å². The van der Waals surface area contributed by atoms with Crippen molar-refractivity contribution in [3.05, 3.63) is 65.2 Å². The normalized spacial score (nSPS) is 11.2. The molecule has 3 rings (SSSR count). The largest absolute Gasteiger partial charge is 0.323 e.